The molecule has 0 radical (unpaired) electrons. The van der Waals surface area contributed by atoms with Crippen LogP contribution in [0.25, 0.3) is 0 Å². The summed E-state index contributed by atoms with van der Waals surface area (Å²) >= 11 is 1.68. The van der Waals surface area contributed by atoms with E-state index >= 15 is 0 Å². The van der Waals surface area contributed by atoms with Crippen molar-refractivity contribution in [3.8, 4) is 5.75 Å². The van der Waals surface area contributed by atoms with Crippen molar-refractivity contribution in [2.24, 2.45) is 0 Å². The second-order valence-electron chi connectivity index (χ2n) is 9.51. The van der Waals surface area contributed by atoms with E-state index in [-0.39, 0.29) is 17.7 Å². The molecule has 0 saturated heterocycles. The number of benzene rings is 2. The van der Waals surface area contributed by atoms with E-state index in [1.165, 1.54) is 44.9 Å². The highest BCUT2D eigenvalue weighted by atomic mass is 32.2. The van der Waals surface area contributed by atoms with E-state index in [1.807, 2.05) is 30.5 Å². The van der Waals surface area contributed by atoms with E-state index in [0.29, 0.717) is 30.0 Å². The molecule has 2 N–H and O–H groups in total. The third kappa shape index (κ3) is 10.7. The lowest BCUT2D eigenvalue weighted by Crippen LogP contribution is -2.26. The number of nitrogens with one attached hydrogen (secondary N) is 2. The highest BCUT2D eigenvalue weighted by Crippen LogP contribution is 2.26. The van der Waals surface area contributed by atoms with Crippen LogP contribution in [0.1, 0.15) is 104 Å². The van der Waals surface area contributed by atoms with Gasteiger partial charge in [0.2, 0.25) is 0 Å². The number of ether oxygens (including phenoxy) is 1. The van der Waals surface area contributed by atoms with E-state index in [0.717, 1.165) is 23.5 Å². The van der Waals surface area contributed by atoms with Gasteiger partial charge >= 0.3 is 0 Å². The maximum atomic E-state index is 13.0. The van der Waals surface area contributed by atoms with Crippen molar-refractivity contribution in [3.05, 3.63) is 59.2 Å². The van der Waals surface area contributed by atoms with Gasteiger partial charge in [-0.3, -0.25) is 9.59 Å². The number of amides is 2. The molecule has 0 aliphatic rings. The molecule has 0 aliphatic carbocycles. The van der Waals surface area contributed by atoms with Crippen molar-refractivity contribution >= 4 is 29.3 Å². The molecule has 0 fully saturated rings. The van der Waals surface area contributed by atoms with Crippen LogP contribution in [0.5, 0.6) is 5.75 Å². The molecule has 0 bridgehead atoms. The SMILES string of the molecule is CCCCCCCCCCOc1ccc(C(=O)Nc2cc(C(=O)NCCSC)ccc2C(C)C)cc1. The number of unbranched alkanes of at least 4 members (excludes halogenated alkanes) is 7. The zero-order valence-corrected chi connectivity index (χ0v) is 23.3. The minimum Gasteiger partial charge on any atom is -0.494 e. The summed E-state index contributed by atoms with van der Waals surface area (Å²) < 4.78 is 5.86. The Hall–Kier alpha value is -2.47. The fourth-order valence-corrected chi connectivity index (χ4v) is 4.31. The molecular weight excluding hydrogens is 468 g/mol. The first-order valence-electron chi connectivity index (χ1n) is 13.4. The molecule has 2 aromatic carbocycles. The second kappa shape index (κ2) is 17.1. The van der Waals surface area contributed by atoms with E-state index in [2.05, 4.69) is 31.4 Å². The molecule has 0 atom stereocenters. The lowest BCUT2D eigenvalue weighted by atomic mass is 9.98. The summed E-state index contributed by atoms with van der Waals surface area (Å²) in [4.78, 5) is 25.5. The van der Waals surface area contributed by atoms with Crippen molar-refractivity contribution in [3.63, 3.8) is 0 Å². The molecule has 36 heavy (non-hydrogen) atoms. The molecule has 6 heteroatoms. The van der Waals surface area contributed by atoms with Crippen LogP contribution in [0.4, 0.5) is 5.69 Å². The first-order valence-corrected chi connectivity index (χ1v) is 14.8. The Balaban J connectivity index is 1.88. The van der Waals surface area contributed by atoms with Gasteiger partial charge in [0.05, 0.1) is 6.61 Å². The van der Waals surface area contributed by atoms with Crippen LogP contribution in [-0.4, -0.2) is 37.0 Å². The minimum atomic E-state index is -0.202. The van der Waals surface area contributed by atoms with Crippen LogP contribution in [0.2, 0.25) is 0 Å². The zero-order valence-electron chi connectivity index (χ0n) is 22.5. The molecule has 0 spiro atoms. The van der Waals surface area contributed by atoms with Crippen LogP contribution in [-0.2, 0) is 0 Å². The quantitative estimate of drug-likeness (QED) is 0.213. The molecule has 0 unspecified atom stereocenters. The van der Waals surface area contributed by atoms with Gasteiger partial charge in [-0.15, -0.1) is 0 Å². The van der Waals surface area contributed by atoms with Crippen LogP contribution in [0.15, 0.2) is 42.5 Å². The van der Waals surface area contributed by atoms with Crippen molar-refractivity contribution in [1.29, 1.82) is 0 Å². The van der Waals surface area contributed by atoms with Gasteiger partial charge in [0.1, 0.15) is 5.75 Å². The molecule has 198 valence electrons. The van der Waals surface area contributed by atoms with E-state index in [9.17, 15) is 9.59 Å². The summed E-state index contributed by atoms with van der Waals surface area (Å²) in [7, 11) is 0. The lowest BCUT2D eigenvalue weighted by molar-refractivity contribution is 0.0954. The first-order chi connectivity index (χ1) is 17.5. The van der Waals surface area contributed by atoms with E-state index in [4.69, 9.17) is 4.74 Å². The zero-order chi connectivity index (χ0) is 26.2. The summed E-state index contributed by atoms with van der Waals surface area (Å²) in [6.07, 6.45) is 12.2. The largest absolute Gasteiger partial charge is 0.494 e. The Bertz CT molecular complexity index is 928. The van der Waals surface area contributed by atoms with Gasteiger partial charge in [0.25, 0.3) is 11.8 Å². The van der Waals surface area contributed by atoms with Gasteiger partial charge in [0, 0.05) is 29.1 Å². The highest BCUT2D eigenvalue weighted by Gasteiger charge is 2.15. The number of carbonyl (C=O) groups excluding carboxylic acids is 2. The van der Waals surface area contributed by atoms with Crippen LogP contribution < -0.4 is 15.4 Å². The van der Waals surface area contributed by atoms with Crippen LogP contribution >= 0.6 is 11.8 Å². The van der Waals surface area contributed by atoms with Gasteiger partial charge in [0.15, 0.2) is 0 Å². The molecule has 0 aliphatic heterocycles. The topological polar surface area (TPSA) is 67.4 Å². The number of rotatable bonds is 17. The Labute approximate surface area is 222 Å². The predicted molar refractivity (Wildman–Crippen MR) is 154 cm³/mol. The molecule has 2 amide bonds. The second-order valence-corrected chi connectivity index (χ2v) is 10.5. The molecule has 2 aromatic rings. The fraction of sp³-hybridized carbons (Fsp3) is 0.533. The maximum absolute atomic E-state index is 13.0. The number of anilines is 1. The number of thioether (sulfide) groups is 1. The van der Waals surface area contributed by atoms with Gasteiger partial charge in [-0.05, 0) is 60.6 Å². The third-order valence-electron chi connectivity index (χ3n) is 6.16. The molecule has 5 nitrogen and oxygen atoms in total. The maximum Gasteiger partial charge on any atom is 0.255 e. The number of carbonyl (C=O) groups is 2. The van der Waals surface area contributed by atoms with Crippen LogP contribution in [0, 0.1) is 0 Å². The Kier molecular flexibility index (Phi) is 14.1. The van der Waals surface area contributed by atoms with E-state index in [1.54, 1.807) is 30.0 Å². The third-order valence-corrected chi connectivity index (χ3v) is 6.77. The van der Waals surface area contributed by atoms with Crippen LogP contribution in [0.3, 0.4) is 0 Å². The molecular formula is C30H44N2O3S. The van der Waals surface area contributed by atoms with E-state index < -0.39 is 0 Å². The Morgan fingerprint density at radius 3 is 2.14 bits per heavy atom. The molecule has 0 saturated carbocycles. The van der Waals surface area contributed by atoms with Crippen molar-refractivity contribution < 1.29 is 14.3 Å². The Morgan fingerprint density at radius 2 is 1.50 bits per heavy atom. The highest BCUT2D eigenvalue weighted by molar-refractivity contribution is 7.98. The van der Waals surface area contributed by atoms with Gasteiger partial charge in [-0.25, -0.2) is 0 Å². The molecule has 0 heterocycles. The average molecular weight is 513 g/mol. The summed E-state index contributed by atoms with van der Waals surface area (Å²) in [6, 6.07) is 12.8. The van der Waals surface area contributed by atoms with Crippen molar-refractivity contribution in [2.45, 2.75) is 78.1 Å². The summed E-state index contributed by atoms with van der Waals surface area (Å²) in [5, 5.41) is 5.93. The average Bonchev–Trinajstić information content (AvgIpc) is 2.88. The van der Waals surface area contributed by atoms with Gasteiger partial charge in [-0.1, -0.05) is 71.8 Å². The predicted octanol–water partition coefficient (Wildman–Crippen LogP) is 7.67. The molecule has 2 rings (SSSR count). The molecule has 0 aromatic heterocycles. The summed E-state index contributed by atoms with van der Waals surface area (Å²) in [5.74, 6) is 1.51. The van der Waals surface area contributed by atoms with Crippen molar-refractivity contribution in [2.75, 3.05) is 30.5 Å². The summed E-state index contributed by atoms with van der Waals surface area (Å²) in [6.45, 7) is 7.70. The summed E-state index contributed by atoms with van der Waals surface area (Å²) in [5.41, 5.74) is 2.76. The number of hydrogen-bond donors (Lipinski definition) is 2. The number of hydrogen-bond acceptors (Lipinski definition) is 4. The Morgan fingerprint density at radius 1 is 0.861 bits per heavy atom. The van der Waals surface area contributed by atoms with Gasteiger partial charge < -0.3 is 15.4 Å². The smallest absolute Gasteiger partial charge is 0.255 e. The monoisotopic (exact) mass is 512 g/mol. The minimum absolute atomic E-state index is 0.132. The van der Waals surface area contributed by atoms with Crippen molar-refractivity contribution in [1.82, 2.24) is 5.32 Å². The van der Waals surface area contributed by atoms with Gasteiger partial charge in [-0.2, -0.15) is 11.8 Å². The normalized spacial score (nSPS) is 10.9. The lowest BCUT2D eigenvalue weighted by Gasteiger charge is -2.16. The first kappa shape index (κ1) is 29.8. The fourth-order valence-electron chi connectivity index (χ4n) is 4.00. The standard InChI is InChI=1S/C30H44N2O3S/c1-5-6-7-8-9-10-11-12-20-35-26-16-13-24(14-17-26)30(34)32-28-22-25(15-18-27(28)23(2)3)29(33)31-19-21-36-4/h13-18,22-23H,5-12,19-21H2,1-4H3,(H,31,33)(H,32,34).